The summed E-state index contributed by atoms with van der Waals surface area (Å²) >= 11 is 0. The monoisotopic (exact) mass is 125 g/mol. The second-order valence-corrected chi connectivity index (χ2v) is 1.77. The molecule has 0 amide bonds. The fourth-order valence-electron chi connectivity index (χ4n) is 0.267. The molecule has 0 aliphatic rings. The molecule has 0 heterocycles. The minimum atomic E-state index is 0.285. The van der Waals surface area contributed by atoms with E-state index in [2.05, 4.69) is 4.99 Å². The molecule has 3 heteroatoms. The van der Waals surface area contributed by atoms with Crippen LogP contribution >= 0.6 is 0 Å². The molecule has 0 aromatic rings. The van der Waals surface area contributed by atoms with Gasteiger partial charge in [0.25, 0.3) is 0 Å². The second-order valence-electron chi connectivity index (χ2n) is 1.77. The van der Waals surface area contributed by atoms with Gasteiger partial charge in [0.05, 0.1) is 0 Å². The van der Waals surface area contributed by atoms with Gasteiger partial charge in [0.2, 0.25) is 0 Å². The largest absolute Gasteiger partial charge is 0.402 e. The van der Waals surface area contributed by atoms with Crippen LogP contribution in [0.1, 0.15) is 13.8 Å². The minimum absolute atomic E-state index is 0.285. The molecule has 0 aliphatic heterocycles. The van der Waals surface area contributed by atoms with Crippen LogP contribution in [0.25, 0.3) is 0 Å². The van der Waals surface area contributed by atoms with Crippen molar-refractivity contribution in [3.8, 4) is 0 Å². The molecule has 0 aromatic heterocycles. The predicted molar refractivity (Wildman–Crippen MR) is 39.8 cm³/mol. The molecule has 0 spiro atoms. The summed E-state index contributed by atoms with van der Waals surface area (Å²) in [4.78, 5) is 3.67. The quantitative estimate of drug-likeness (QED) is 0.397. The van der Waals surface area contributed by atoms with Gasteiger partial charge >= 0.3 is 0 Å². The molecular weight excluding hydrogens is 114 g/mol. The SMILES string of the molecule is CC(=N)N=CC=C(C)N. The van der Waals surface area contributed by atoms with Crippen LogP contribution in [0.3, 0.4) is 0 Å². The highest BCUT2D eigenvalue weighted by Crippen LogP contribution is 1.76. The third-order valence-electron chi connectivity index (χ3n) is 0.606. The maximum Gasteiger partial charge on any atom is 0.117 e. The van der Waals surface area contributed by atoms with E-state index in [0.717, 1.165) is 0 Å². The second kappa shape index (κ2) is 3.83. The lowest BCUT2D eigenvalue weighted by molar-refractivity contribution is 1.33. The molecule has 0 bridgehead atoms. The van der Waals surface area contributed by atoms with Gasteiger partial charge in [-0.3, -0.25) is 5.41 Å². The highest BCUT2D eigenvalue weighted by Gasteiger charge is 1.73. The summed E-state index contributed by atoms with van der Waals surface area (Å²) in [5.74, 6) is 0.285. The summed E-state index contributed by atoms with van der Waals surface area (Å²) in [6.45, 7) is 3.38. The standard InChI is InChI=1S/C6H11N3/c1-5(7)3-4-9-6(2)8/h3-4,8H,7H2,1-2H3. The van der Waals surface area contributed by atoms with Gasteiger partial charge in [-0.2, -0.15) is 0 Å². The van der Waals surface area contributed by atoms with Crippen LogP contribution in [-0.4, -0.2) is 12.1 Å². The number of nitrogens with zero attached hydrogens (tertiary/aromatic N) is 1. The van der Waals surface area contributed by atoms with Crippen LogP contribution in [0, 0.1) is 5.41 Å². The van der Waals surface area contributed by atoms with Gasteiger partial charge < -0.3 is 5.73 Å². The Morgan fingerprint density at radius 3 is 2.44 bits per heavy atom. The average molecular weight is 125 g/mol. The molecule has 0 atom stereocenters. The predicted octanol–water partition coefficient (Wildman–Crippen LogP) is 0.917. The Balaban J connectivity index is 3.74. The summed E-state index contributed by atoms with van der Waals surface area (Å²) in [7, 11) is 0. The molecule has 0 aromatic carbocycles. The van der Waals surface area contributed by atoms with Crippen LogP contribution in [0.15, 0.2) is 16.8 Å². The summed E-state index contributed by atoms with van der Waals surface area (Å²) in [6, 6.07) is 0. The minimum Gasteiger partial charge on any atom is -0.402 e. The molecule has 0 unspecified atom stereocenters. The molecule has 0 rings (SSSR count). The zero-order valence-corrected chi connectivity index (χ0v) is 5.68. The maximum absolute atomic E-state index is 6.87. The molecular formula is C6H11N3. The Morgan fingerprint density at radius 1 is 1.56 bits per heavy atom. The van der Waals surface area contributed by atoms with Crippen molar-refractivity contribution >= 4 is 12.1 Å². The molecule has 9 heavy (non-hydrogen) atoms. The first-order valence-corrected chi connectivity index (χ1v) is 2.64. The van der Waals surface area contributed by atoms with E-state index in [1.54, 1.807) is 19.9 Å². The maximum atomic E-state index is 6.87. The van der Waals surface area contributed by atoms with Crippen molar-refractivity contribution in [3.05, 3.63) is 11.8 Å². The Kier molecular flexibility index (Phi) is 3.35. The van der Waals surface area contributed by atoms with Crippen LogP contribution in [0.2, 0.25) is 0 Å². The Bertz CT molecular complexity index is 152. The van der Waals surface area contributed by atoms with Crippen LogP contribution in [-0.2, 0) is 0 Å². The van der Waals surface area contributed by atoms with Crippen molar-refractivity contribution in [2.45, 2.75) is 13.8 Å². The molecule has 0 radical (unpaired) electrons. The number of rotatable bonds is 1. The highest BCUT2D eigenvalue weighted by atomic mass is 14.8. The average Bonchev–Trinajstić information content (AvgIpc) is 1.63. The molecule has 0 aliphatic carbocycles. The lowest BCUT2D eigenvalue weighted by atomic mass is 10.5. The molecule has 0 saturated heterocycles. The smallest absolute Gasteiger partial charge is 0.117 e. The zero-order valence-electron chi connectivity index (χ0n) is 5.68. The van der Waals surface area contributed by atoms with E-state index in [4.69, 9.17) is 11.1 Å². The number of hydrogen-bond acceptors (Lipinski definition) is 2. The molecule has 50 valence electrons. The van der Waals surface area contributed by atoms with Crippen LogP contribution < -0.4 is 5.73 Å². The fourth-order valence-corrected chi connectivity index (χ4v) is 0.267. The first-order valence-electron chi connectivity index (χ1n) is 2.64. The van der Waals surface area contributed by atoms with E-state index in [1.165, 1.54) is 6.21 Å². The topological polar surface area (TPSA) is 62.2 Å². The number of aliphatic imine (C=N–C) groups is 1. The lowest BCUT2D eigenvalue weighted by Crippen LogP contribution is -1.90. The first kappa shape index (κ1) is 7.88. The molecule has 3 nitrogen and oxygen atoms in total. The van der Waals surface area contributed by atoms with Crippen molar-refractivity contribution in [1.82, 2.24) is 0 Å². The molecule has 3 N–H and O–H groups in total. The van der Waals surface area contributed by atoms with E-state index in [1.807, 2.05) is 0 Å². The molecule has 0 saturated carbocycles. The van der Waals surface area contributed by atoms with Crippen molar-refractivity contribution in [3.63, 3.8) is 0 Å². The fraction of sp³-hybridized carbons (Fsp3) is 0.333. The Morgan fingerprint density at radius 2 is 2.11 bits per heavy atom. The van der Waals surface area contributed by atoms with E-state index in [9.17, 15) is 0 Å². The van der Waals surface area contributed by atoms with E-state index < -0.39 is 0 Å². The van der Waals surface area contributed by atoms with Crippen molar-refractivity contribution in [1.29, 1.82) is 5.41 Å². The van der Waals surface area contributed by atoms with Gasteiger partial charge in [0, 0.05) is 11.9 Å². The van der Waals surface area contributed by atoms with Gasteiger partial charge in [-0.15, -0.1) is 0 Å². The van der Waals surface area contributed by atoms with E-state index in [0.29, 0.717) is 5.70 Å². The van der Waals surface area contributed by atoms with Gasteiger partial charge in [-0.05, 0) is 19.9 Å². The van der Waals surface area contributed by atoms with Gasteiger partial charge in [-0.25, -0.2) is 4.99 Å². The van der Waals surface area contributed by atoms with E-state index >= 15 is 0 Å². The third-order valence-corrected chi connectivity index (χ3v) is 0.606. The number of allylic oxidation sites excluding steroid dienone is 2. The summed E-state index contributed by atoms with van der Waals surface area (Å²) in [6.07, 6.45) is 3.16. The van der Waals surface area contributed by atoms with Crippen molar-refractivity contribution in [2.75, 3.05) is 0 Å². The number of amidine groups is 1. The highest BCUT2D eigenvalue weighted by molar-refractivity contribution is 5.88. The number of hydrogen-bond donors (Lipinski definition) is 2. The first-order chi connectivity index (χ1) is 4.13. The van der Waals surface area contributed by atoms with Gasteiger partial charge in [0.1, 0.15) is 5.84 Å². The lowest BCUT2D eigenvalue weighted by Gasteiger charge is -1.82. The number of nitrogens with one attached hydrogen (secondary N) is 1. The van der Waals surface area contributed by atoms with E-state index in [-0.39, 0.29) is 5.84 Å². The van der Waals surface area contributed by atoms with Gasteiger partial charge in [-0.1, -0.05) is 0 Å². The Labute approximate surface area is 54.8 Å². The third kappa shape index (κ3) is 6.88. The van der Waals surface area contributed by atoms with Crippen LogP contribution in [0.4, 0.5) is 0 Å². The zero-order chi connectivity index (χ0) is 7.28. The molecule has 0 fully saturated rings. The summed E-state index contributed by atoms with van der Waals surface area (Å²) < 4.78 is 0. The van der Waals surface area contributed by atoms with Crippen LogP contribution in [0.5, 0.6) is 0 Å². The summed E-state index contributed by atoms with van der Waals surface area (Å²) in [5, 5.41) is 6.87. The van der Waals surface area contributed by atoms with Crippen molar-refractivity contribution in [2.24, 2.45) is 10.7 Å². The van der Waals surface area contributed by atoms with Gasteiger partial charge in [0.15, 0.2) is 0 Å². The van der Waals surface area contributed by atoms with Crippen molar-refractivity contribution < 1.29 is 0 Å². The number of nitrogens with two attached hydrogens (primary N) is 1. The normalized spacial score (nSPS) is 12.4. The summed E-state index contributed by atoms with van der Waals surface area (Å²) in [5.41, 5.74) is 5.97. The Hall–Kier alpha value is -1.12.